The van der Waals surface area contributed by atoms with E-state index in [-0.39, 0.29) is 0 Å². The number of hydrogen-bond acceptors (Lipinski definition) is 0. The Balaban J connectivity index is 2.02. The SMILES string of the molecule is CC1=C(C2CCCCC2C)[C@]2(C)CC[C@@H]1C2(C)C. The molecule has 3 aliphatic rings. The lowest BCUT2D eigenvalue weighted by Gasteiger charge is -2.43. The summed E-state index contributed by atoms with van der Waals surface area (Å²) in [4.78, 5) is 0. The van der Waals surface area contributed by atoms with Crippen molar-refractivity contribution < 1.29 is 0 Å². The lowest BCUT2D eigenvalue weighted by atomic mass is 9.61. The number of fused-ring (bicyclic) bond motifs is 2. The highest BCUT2D eigenvalue weighted by atomic mass is 14.6. The second-order valence-electron chi connectivity index (χ2n) is 8.11. The molecular formula is C18H30. The first kappa shape index (κ1) is 12.8. The largest absolute Gasteiger partial charge is 0.0696 e. The number of hydrogen-bond donors (Lipinski definition) is 0. The average molecular weight is 246 g/mol. The predicted octanol–water partition coefficient (Wildman–Crippen LogP) is 5.59. The first-order chi connectivity index (χ1) is 8.39. The molecule has 0 nitrogen and oxygen atoms in total. The Bertz CT molecular complexity index is 387. The van der Waals surface area contributed by atoms with E-state index in [1.807, 2.05) is 5.57 Å². The van der Waals surface area contributed by atoms with E-state index in [2.05, 4.69) is 34.6 Å². The Hall–Kier alpha value is -0.260. The van der Waals surface area contributed by atoms with Gasteiger partial charge in [-0.15, -0.1) is 0 Å². The Labute approximate surface area is 113 Å². The molecule has 0 radical (unpaired) electrons. The van der Waals surface area contributed by atoms with Crippen LogP contribution in [0.4, 0.5) is 0 Å². The molecule has 0 aromatic rings. The van der Waals surface area contributed by atoms with Crippen molar-refractivity contribution >= 4 is 0 Å². The molecule has 0 aliphatic heterocycles. The second kappa shape index (κ2) is 3.87. The van der Waals surface area contributed by atoms with E-state index in [1.165, 1.54) is 38.5 Å². The molecule has 3 rings (SSSR count). The van der Waals surface area contributed by atoms with Crippen molar-refractivity contribution in [2.45, 2.75) is 73.1 Å². The van der Waals surface area contributed by atoms with E-state index in [1.54, 1.807) is 5.57 Å². The summed E-state index contributed by atoms with van der Waals surface area (Å²) < 4.78 is 0. The van der Waals surface area contributed by atoms with Crippen LogP contribution in [0.5, 0.6) is 0 Å². The maximum absolute atomic E-state index is 2.58. The fourth-order valence-corrected chi connectivity index (χ4v) is 5.81. The molecule has 2 unspecified atom stereocenters. The third-order valence-electron chi connectivity index (χ3n) is 7.25. The minimum atomic E-state index is 0.512. The van der Waals surface area contributed by atoms with Gasteiger partial charge in [0.2, 0.25) is 0 Å². The Morgan fingerprint density at radius 1 is 1.00 bits per heavy atom. The standard InChI is InChI=1S/C18H30/c1-12-8-6-7-9-14(12)16-13(2)15-10-11-18(16,5)17(15,3)4/h12,14-15H,6-11H2,1-5H3/t12?,14?,15-,18-/m0/s1. The van der Waals surface area contributed by atoms with Crippen molar-refractivity contribution in [1.82, 2.24) is 0 Å². The molecule has 0 N–H and O–H groups in total. The van der Waals surface area contributed by atoms with Crippen LogP contribution in [0.2, 0.25) is 0 Å². The monoisotopic (exact) mass is 246 g/mol. The van der Waals surface area contributed by atoms with Crippen LogP contribution >= 0.6 is 0 Å². The summed E-state index contributed by atoms with van der Waals surface area (Å²) in [6.07, 6.45) is 8.75. The molecule has 0 aromatic carbocycles. The quantitative estimate of drug-likeness (QED) is 0.529. The Kier molecular flexibility index (Phi) is 2.74. The lowest BCUT2D eigenvalue weighted by Crippen LogP contribution is -2.34. The van der Waals surface area contributed by atoms with E-state index in [0.717, 1.165) is 17.8 Å². The zero-order valence-electron chi connectivity index (χ0n) is 13.0. The van der Waals surface area contributed by atoms with Crippen molar-refractivity contribution in [3.8, 4) is 0 Å². The van der Waals surface area contributed by atoms with E-state index >= 15 is 0 Å². The molecule has 2 bridgehead atoms. The fraction of sp³-hybridized carbons (Fsp3) is 0.889. The van der Waals surface area contributed by atoms with Crippen LogP contribution in [-0.2, 0) is 0 Å². The van der Waals surface area contributed by atoms with E-state index in [0.29, 0.717) is 10.8 Å². The van der Waals surface area contributed by atoms with E-state index in [4.69, 9.17) is 0 Å². The lowest BCUT2D eigenvalue weighted by molar-refractivity contribution is 0.142. The van der Waals surface area contributed by atoms with Gasteiger partial charge >= 0.3 is 0 Å². The first-order valence-corrected chi connectivity index (χ1v) is 8.11. The van der Waals surface area contributed by atoms with Crippen LogP contribution < -0.4 is 0 Å². The van der Waals surface area contributed by atoms with Gasteiger partial charge in [-0.1, -0.05) is 58.1 Å². The van der Waals surface area contributed by atoms with Gasteiger partial charge in [-0.2, -0.15) is 0 Å². The summed E-state index contributed by atoms with van der Waals surface area (Å²) in [7, 11) is 0. The zero-order chi connectivity index (χ0) is 13.1. The number of allylic oxidation sites excluding steroid dienone is 2. The van der Waals surface area contributed by atoms with Crippen LogP contribution in [0.15, 0.2) is 11.1 Å². The summed E-state index contributed by atoms with van der Waals surface area (Å²) in [5, 5.41) is 0. The molecule has 2 saturated carbocycles. The Morgan fingerprint density at radius 2 is 1.67 bits per heavy atom. The van der Waals surface area contributed by atoms with Crippen LogP contribution in [0.1, 0.15) is 73.1 Å². The fourth-order valence-electron chi connectivity index (χ4n) is 5.81. The van der Waals surface area contributed by atoms with Crippen molar-refractivity contribution in [2.75, 3.05) is 0 Å². The van der Waals surface area contributed by atoms with Crippen molar-refractivity contribution in [1.29, 1.82) is 0 Å². The van der Waals surface area contributed by atoms with Crippen LogP contribution in [-0.4, -0.2) is 0 Å². The molecule has 0 aromatic heterocycles. The van der Waals surface area contributed by atoms with E-state index < -0.39 is 0 Å². The molecule has 2 fully saturated rings. The van der Waals surface area contributed by atoms with Gasteiger partial charge in [0.25, 0.3) is 0 Å². The predicted molar refractivity (Wildman–Crippen MR) is 78.4 cm³/mol. The smallest absolute Gasteiger partial charge is 0.00538 e. The average Bonchev–Trinajstić information content (AvgIpc) is 2.61. The van der Waals surface area contributed by atoms with Gasteiger partial charge in [0, 0.05) is 0 Å². The van der Waals surface area contributed by atoms with Crippen molar-refractivity contribution in [2.24, 2.45) is 28.6 Å². The molecule has 0 amide bonds. The minimum absolute atomic E-state index is 0.512. The van der Waals surface area contributed by atoms with Crippen molar-refractivity contribution in [3.05, 3.63) is 11.1 Å². The molecule has 0 saturated heterocycles. The summed E-state index contributed by atoms with van der Waals surface area (Å²) in [5.41, 5.74) is 4.74. The number of rotatable bonds is 1. The van der Waals surface area contributed by atoms with Gasteiger partial charge < -0.3 is 0 Å². The van der Waals surface area contributed by atoms with Gasteiger partial charge in [-0.3, -0.25) is 0 Å². The molecule has 0 heteroatoms. The van der Waals surface area contributed by atoms with Crippen molar-refractivity contribution in [3.63, 3.8) is 0 Å². The summed E-state index contributed by atoms with van der Waals surface area (Å²) in [5.74, 6) is 2.72. The van der Waals surface area contributed by atoms with Gasteiger partial charge in [0.15, 0.2) is 0 Å². The molecule has 0 heterocycles. The highest BCUT2D eigenvalue weighted by molar-refractivity contribution is 5.39. The van der Waals surface area contributed by atoms with Gasteiger partial charge in [0.1, 0.15) is 0 Å². The molecule has 18 heavy (non-hydrogen) atoms. The highest BCUT2D eigenvalue weighted by Gasteiger charge is 2.60. The Morgan fingerprint density at radius 3 is 2.22 bits per heavy atom. The topological polar surface area (TPSA) is 0 Å². The third kappa shape index (κ3) is 1.38. The zero-order valence-corrected chi connectivity index (χ0v) is 13.0. The highest BCUT2D eigenvalue weighted by Crippen LogP contribution is 2.70. The second-order valence-corrected chi connectivity index (χ2v) is 8.11. The summed E-state index contributed by atoms with van der Waals surface area (Å²) in [6.45, 7) is 12.6. The molecule has 3 aliphatic carbocycles. The summed E-state index contributed by atoms with van der Waals surface area (Å²) in [6, 6.07) is 0. The summed E-state index contributed by atoms with van der Waals surface area (Å²) >= 11 is 0. The van der Waals surface area contributed by atoms with Crippen LogP contribution in [0.3, 0.4) is 0 Å². The molecule has 102 valence electrons. The normalized spacial score (nSPS) is 46.8. The van der Waals surface area contributed by atoms with Gasteiger partial charge in [0.05, 0.1) is 0 Å². The maximum Gasteiger partial charge on any atom is -0.00538 e. The molecule has 0 spiro atoms. The molecular weight excluding hydrogens is 216 g/mol. The maximum atomic E-state index is 2.58. The van der Waals surface area contributed by atoms with Crippen LogP contribution in [0.25, 0.3) is 0 Å². The molecule has 4 atom stereocenters. The van der Waals surface area contributed by atoms with Crippen LogP contribution in [0, 0.1) is 28.6 Å². The third-order valence-corrected chi connectivity index (χ3v) is 7.25. The minimum Gasteiger partial charge on any atom is -0.0696 e. The van der Waals surface area contributed by atoms with Gasteiger partial charge in [-0.25, -0.2) is 0 Å². The van der Waals surface area contributed by atoms with E-state index in [9.17, 15) is 0 Å². The van der Waals surface area contributed by atoms with Gasteiger partial charge in [-0.05, 0) is 54.8 Å². The first-order valence-electron chi connectivity index (χ1n) is 8.11.